The molecule has 1 saturated heterocycles. The average Bonchev–Trinajstić information content (AvgIpc) is 3.54. The lowest BCUT2D eigenvalue weighted by atomic mass is 10.1. The number of hydrogen-bond acceptors (Lipinski definition) is 10. The van der Waals surface area contributed by atoms with Crippen molar-refractivity contribution in [3.63, 3.8) is 0 Å². The van der Waals surface area contributed by atoms with E-state index in [1.165, 1.54) is 13.2 Å². The van der Waals surface area contributed by atoms with E-state index in [0.717, 1.165) is 18.9 Å². The Morgan fingerprint density at radius 1 is 1.20 bits per heavy atom. The number of anilines is 1. The van der Waals surface area contributed by atoms with Crippen molar-refractivity contribution in [2.75, 3.05) is 25.6 Å². The van der Waals surface area contributed by atoms with E-state index in [1.54, 1.807) is 13.0 Å². The summed E-state index contributed by atoms with van der Waals surface area (Å²) in [5, 5.41) is 21.4. The fraction of sp³-hybridized carbons (Fsp3) is 0.538. The van der Waals surface area contributed by atoms with E-state index >= 15 is 0 Å². The van der Waals surface area contributed by atoms with Crippen LogP contribution in [0.15, 0.2) is 18.2 Å². The number of nitrogens with one attached hydrogen (secondary N) is 4. The molecule has 0 bridgehead atoms. The normalized spacial score (nSPS) is 18.5. The predicted octanol–water partition coefficient (Wildman–Crippen LogP) is 3.92. The zero-order valence-electron chi connectivity index (χ0n) is 24.5. The summed E-state index contributed by atoms with van der Waals surface area (Å²) >= 11 is 5.50. The molecule has 19 heteroatoms. The number of esters is 1. The van der Waals surface area contributed by atoms with Crippen LogP contribution in [-0.4, -0.2) is 80.1 Å². The van der Waals surface area contributed by atoms with Gasteiger partial charge in [-0.3, -0.25) is 15.0 Å². The van der Waals surface area contributed by atoms with Crippen LogP contribution in [0.4, 0.5) is 23.8 Å². The number of H-pyrrole nitrogens is 2. The number of halogens is 4. The Balaban J connectivity index is 0.000000323. The first-order chi connectivity index (χ1) is 21.3. The molecule has 15 nitrogen and oxygen atoms in total. The molecule has 1 aliphatic heterocycles. The molecule has 0 spiro atoms. The summed E-state index contributed by atoms with van der Waals surface area (Å²) in [5.41, 5.74) is 0.508. The van der Waals surface area contributed by atoms with Crippen molar-refractivity contribution in [3.05, 3.63) is 46.7 Å². The predicted molar refractivity (Wildman–Crippen MR) is 149 cm³/mol. The molecule has 0 unspecified atom stereocenters. The first kappa shape index (κ1) is 33.7. The lowest BCUT2D eigenvalue weighted by molar-refractivity contribution is -0.213. The maximum atomic E-state index is 13.2. The fourth-order valence-electron chi connectivity index (χ4n) is 4.13. The van der Waals surface area contributed by atoms with Crippen LogP contribution in [0.25, 0.3) is 0 Å². The number of ether oxygens (including phenoxy) is 4. The summed E-state index contributed by atoms with van der Waals surface area (Å²) in [6.07, 6.45) is -4.15. The SMILES string of the molecule is CCOC(=O)c1cc(CCl)[nH]n1.COCc1cc(C(=O)Nc2cc([C@H]3C[C@@H](OC(=O)NC4(C)CC4)CO3)[nH]n2)n(C(F)(F)F)n1. The second-order valence-electron chi connectivity index (χ2n) is 10.4. The van der Waals surface area contributed by atoms with Gasteiger partial charge in [0.15, 0.2) is 11.5 Å². The Labute approximate surface area is 259 Å². The minimum absolute atomic E-state index is 0.00517. The molecule has 2 aliphatic rings. The first-order valence-corrected chi connectivity index (χ1v) is 14.3. The summed E-state index contributed by atoms with van der Waals surface area (Å²) in [5.74, 6) is -1.15. The molecule has 2 amide bonds. The van der Waals surface area contributed by atoms with Crippen molar-refractivity contribution in [2.24, 2.45) is 0 Å². The number of hydrogen-bond donors (Lipinski definition) is 4. The van der Waals surface area contributed by atoms with E-state index in [2.05, 4.69) is 36.1 Å². The number of alkyl halides is 4. The van der Waals surface area contributed by atoms with Gasteiger partial charge < -0.3 is 29.6 Å². The Morgan fingerprint density at radius 3 is 2.58 bits per heavy atom. The van der Waals surface area contributed by atoms with Gasteiger partial charge in [0.1, 0.15) is 17.9 Å². The van der Waals surface area contributed by atoms with Gasteiger partial charge in [-0.15, -0.1) is 24.8 Å². The Morgan fingerprint density at radius 2 is 1.96 bits per heavy atom. The lowest BCUT2D eigenvalue weighted by Gasteiger charge is -2.15. The van der Waals surface area contributed by atoms with Crippen LogP contribution in [0.2, 0.25) is 0 Å². The molecule has 1 aliphatic carbocycles. The zero-order chi connectivity index (χ0) is 32.8. The second-order valence-corrected chi connectivity index (χ2v) is 10.7. The Bertz CT molecular complexity index is 1490. The number of aromatic nitrogens is 6. The van der Waals surface area contributed by atoms with Crippen LogP contribution in [0, 0.1) is 0 Å². The monoisotopic (exact) mass is 660 g/mol. The van der Waals surface area contributed by atoms with Gasteiger partial charge in [0.2, 0.25) is 0 Å². The topological polar surface area (TPSA) is 187 Å². The van der Waals surface area contributed by atoms with Crippen LogP contribution < -0.4 is 10.6 Å². The third-order valence-electron chi connectivity index (χ3n) is 6.61. The van der Waals surface area contributed by atoms with Crippen molar-refractivity contribution < 1.29 is 46.5 Å². The number of nitrogens with zero attached hydrogens (tertiary/aromatic N) is 4. The first-order valence-electron chi connectivity index (χ1n) is 13.7. The van der Waals surface area contributed by atoms with Crippen LogP contribution in [-0.2, 0) is 37.7 Å². The molecule has 0 radical (unpaired) electrons. The number of alkyl carbamates (subject to hydrolysis) is 1. The highest BCUT2D eigenvalue weighted by atomic mass is 35.5. The molecule has 1 saturated carbocycles. The van der Waals surface area contributed by atoms with Gasteiger partial charge in [-0.25, -0.2) is 9.59 Å². The largest absolute Gasteiger partial charge is 0.505 e. The molecule has 4 heterocycles. The third kappa shape index (κ3) is 9.18. The fourth-order valence-corrected chi connectivity index (χ4v) is 4.26. The van der Waals surface area contributed by atoms with E-state index in [4.69, 9.17) is 30.5 Å². The number of methoxy groups -OCH3 is 1. The summed E-state index contributed by atoms with van der Waals surface area (Å²) in [6.45, 7) is 4.02. The Hall–Kier alpha value is -4.16. The smallest absolute Gasteiger partial charge is 0.461 e. The molecular formula is C26H32ClF3N8O7. The van der Waals surface area contributed by atoms with Crippen LogP contribution in [0.5, 0.6) is 0 Å². The van der Waals surface area contributed by atoms with Gasteiger partial charge >= 0.3 is 18.4 Å². The number of amides is 2. The number of aromatic amines is 2. The van der Waals surface area contributed by atoms with Gasteiger partial charge in [0.25, 0.3) is 5.91 Å². The van der Waals surface area contributed by atoms with Crippen LogP contribution in [0.3, 0.4) is 0 Å². The highest BCUT2D eigenvalue weighted by Gasteiger charge is 2.40. The van der Waals surface area contributed by atoms with Gasteiger partial charge in [-0.2, -0.15) is 20.0 Å². The molecule has 5 rings (SSSR count). The molecule has 0 aromatic carbocycles. The molecule has 3 aromatic heterocycles. The van der Waals surface area contributed by atoms with Gasteiger partial charge in [0.05, 0.1) is 42.8 Å². The molecule has 246 valence electrons. The summed E-state index contributed by atoms with van der Waals surface area (Å²) < 4.78 is 59.9. The average molecular weight is 661 g/mol. The van der Waals surface area contributed by atoms with E-state index in [1.807, 2.05) is 6.92 Å². The van der Waals surface area contributed by atoms with Gasteiger partial charge in [-0.1, -0.05) is 0 Å². The lowest BCUT2D eigenvalue weighted by Crippen LogP contribution is -2.37. The van der Waals surface area contributed by atoms with Crippen molar-refractivity contribution in [1.29, 1.82) is 0 Å². The maximum Gasteiger partial charge on any atom is 0.505 e. The molecular weight excluding hydrogens is 629 g/mol. The molecule has 2 fully saturated rings. The molecule has 3 aromatic rings. The van der Waals surface area contributed by atoms with E-state index in [9.17, 15) is 27.6 Å². The summed E-state index contributed by atoms with van der Waals surface area (Å²) in [4.78, 5) is 35.4. The highest BCUT2D eigenvalue weighted by Crippen LogP contribution is 2.35. The number of carbonyl (C=O) groups is 3. The minimum Gasteiger partial charge on any atom is -0.461 e. The summed E-state index contributed by atoms with van der Waals surface area (Å²) in [7, 11) is 1.30. The standard InChI is InChI=1S/C19H23F3N6O5.C7H9ClN2O2/c1-18(3-4-18)24-17(30)33-11-6-14(32-9-11)12-7-15(26-25-12)23-16(29)13-5-10(8-31-2)27-28(13)19(20,21)22;1-2-12-7(11)6-3-5(4-8)9-10-6/h5,7,11,14H,3-4,6,8-9H2,1-2H3,(H,24,30)(H2,23,25,26,29);3H,2,4H2,1H3,(H,9,10)/t11-,14-;/m1./s1. The number of rotatable bonds is 10. The molecule has 4 N–H and O–H groups in total. The van der Waals surface area contributed by atoms with Crippen molar-refractivity contribution in [3.8, 4) is 0 Å². The van der Waals surface area contributed by atoms with Gasteiger partial charge in [0, 0.05) is 25.1 Å². The van der Waals surface area contributed by atoms with Crippen molar-refractivity contribution in [2.45, 2.75) is 69.6 Å². The quantitative estimate of drug-likeness (QED) is 0.183. The second kappa shape index (κ2) is 14.3. The van der Waals surface area contributed by atoms with Crippen molar-refractivity contribution >= 4 is 35.4 Å². The van der Waals surface area contributed by atoms with Crippen molar-refractivity contribution in [1.82, 2.24) is 35.5 Å². The maximum absolute atomic E-state index is 13.2. The van der Waals surface area contributed by atoms with E-state index in [0.29, 0.717) is 30.3 Å². The highest BCUT2D eigenvalue weighted by molar-refractivity contribution is 6.16. The number of carbonyl (C=O) groups excluding carboxylic acids is 3. The van der Waals surface area contributed by atoms with Gasteiger partial charge in [-0.05, 0) is 38.8 Å². The van der Waals surface area contributed by atoms with E-state index in [-0.39, 0.29) is 40.6 Å². The van der Waals surface area contributed by atoms with Crippen LogP contribution in [0.1, 0.15) is 77.3 Å². The molecule has 2 atom stereocenters. The Kier molecular flexibility index (Phi) is 10.7. The van der Waals surface area contributed by atoms with Crippen LogP contribution >= 0.6 is 11.6 Å². The minimum atomic E-state index is -4.88. The zero-order valence-corrected chi connectivity index (χ0v) is 25.3. The van der Waals surface area contributed by atoms with E-state index < -0.39 is 42.2 Å². The summed E-state index contributed by atoms with van der Waals surface area (Å²) in [6, 6.07) is 4.01. The third-order valence-corrected chi connectivity index (χ3v) is 6.90. The molecule has 45 heavy (non-hydrogen) atoms.